The molecule has 4 aliphatic carbocycles. The molecule has 252 valence electrons. The molecule has 5 rings (SSSR count). The van der Waals surface area contributed by atoms with E-state index < -0.39 is 49.0 Å². The van der Waals surface area contributed by atoms with Gasteiger partial charge in [-0.3, -0.25) is 0 Å². The summed E-state index contributed by atoms with van der Waals surface area (Å²) in [6.45, 7) is 13.3. The Morgan fingerprint density at radius 3 is 2.32 bits per heavy atom. The Kier molecular flexibility index (Phi) is 10.2. The molecule has 44 heavy (non-hydrogen) atoms. The molecule has 5 aliphatic rings. The topological polar surface area (TPSA) is 149 Å². The van der Waals surface area contributed by atoms with Crippen LogP contribution in [0.25, 0.3) is 0 Å². The SMILES string of the molecule is COCC(O)C1OC(OC2CC3=C4C(O)C(O)C5CC(O)CCC5(C)C4CCC3(C)C2C(C)C=CC(C)C(C)C)C(O)C1O. The third kappa shape index (κ3) is 5.77. The molecule has 0 radical (unpaired) electrons. The van der Waals surface area contributed by atoms with Crippen molar-refractivity contribution in [2.75, 3.05) is 13.7 Å². The number of aliphatic hydroxyl groups is 6. The van der Waals surface area contributed by atoms with Gasteiger partial charge in [0.25, 0.3) is 0 Å². The fourth-order valence-corrected chi connectivity index (χ4v) is 9.81. The van der Waals surface area contributed by atoms with Crippen LogP contribution < -0.4 is 0 Å². The van der Waals surface area contributed by atoms with Crippen molar-refractivity contribution in [1.82, 2.24) is 0 Å². The minimum atomic E-state index is -1.34. The summed E-state index contributed by atoms with van der Waals surface area (Å²) >= 11 is 0. The summed E-state index contributed by atoms with van der Waals surface area (Å²) in [5, 5.41) is 65.9. The summed E-state index contributed by atoms with van der Waals surface area (Å²) in [6, 6.07) is 0. The molecule has 16 atom stereocenters. The molecule has 0 aromatic carbocycles. The summed E-state index contributed by atoms with van der Waals surface area (Å²) in [7, 11) is 1.45. The van der Waals surface area contributed by atoms with Crippen molar-refractivity contribution in [3.8, 4) is 0 Å². The molecule has 0 aromatic heterocycles. The van der Waals surface area contributed by atoms with Gasteiger partial charge in [-0.15, -0.1) is 0 Å². The molecule has 9 nitrogen and oxygen atoms in total. The number of hydrogen-bond acceptors (Lipinski definition) is 9. The second-order valence-electron chi connectivity index (χ2n) is 15.6. The van der Waals surface area contributed by atoms with Crippen LogP contribution in [0.3, 0.4) is 0 Å². The van der Waals surface area contributed by atoms with Gasteiger partial charge in [-0.1, -0.05) is 59.3 Å². The van der Waals surface area contributed by atoms with Gasteiger partial charge in [-0.05, 0) is 84.5 Å². The van der Waals surface area contributed by atoms with Crippen LogP contribution in [0.2, 0.25) is 0 Å². The quantitative estimate of drug-likeness (QED) is 0.214. The van der Waals surface area contributed by atoms with Gasteiger partial charge in [0.05, 0.1) is 24.9 Å². The van der Waals surface area contributed by atoms with Crippen molar-refractivity contribution in [2.24, 2.45) is 46.3 Å². The first-order valence-corrected chi connectivity index (χ1v) is 17.0. The zero-order valence-electron chi connectivity index (χ0n) is 27.7. The van der Waals surface area contributed by atoms with Gasteiger partial charge in [0, 0.05) is 13.0 Å². The molecule has 16 unspecified atom stereocenters. The number of allylic oxidation sites excluding steroid dienone is 2. The molecule has 1 aliphatic heterocycles. The van der Waals surface area contributed by atoms with E-state index in [0.717, 1.165) is 30.4 Å². The van der Waals surface area contributed by atoms with Crippen molar-refractivity contribution >= 4 is 0 Å². The molecule has 0 aromatic rings. The van der Waals surface area contributed by atoms with E-state index in [1.807, 2.05) is 0 Å². The smallest absolute Gasteiger partial charge is 0.187 e. The lowest BCUT2D eigenvalue weighted by atomic mass is 9.47. The number of ether oxygens (including phenoxy) is 3. The predicted molar refractivity (Wildman–Crippen MR) is 165 cm³/mol. The lowest BCUT2D eigenvalue weighted by molar-refractivity contribution is -0.213. The van der Waals surface area contributed by atoms with Crippen molar-refractivity contribution in [2.45, 2.75) is 135 Å². The average molecular weight is 623 g/mol. The maximum Gasteiger partial charge on any atom is 0.187 e. The van der Waals surface area contributed by atoms with Crippen LogP contribution in [0.5, 0.6) is 0 Å². The van der Waals surface area contributed by atoms with Gasteiger partial charge in [0.15, 0.2) is 6.29 Å². The van der Waals surface area contributed by atoms with E-state index in [-0.39, 0.29) is 47.2 Å². The Morgan fingerprint density at radius 1 is 0.955 bits per heavy atom. The first-order valence-electron chi connectivity index (χ1n) is 17.0. The van der Waals surface area contributed by atoms with Gasteiger partial charge in [-0.25, -0.2) is 0 Å². The Balaban J connectivity index is 1.52. The minimum Gasteiger partial charge on any atom is -0.393 e. The molecule has 9 heteroatoms. The summed E-state index contributed by atoms with van der Waals surface area (Å²) in [6.07, 6.45) is 0.109. The summed E-state index contributed by atoms with van der Waals surface area (Å²) < 4.78 is 17.6. The molecule has 6 N–H and O–H groups in total. The van der Waals surface area contributed by atoms with Crippen molar-refractivity contribution in [3.63, 3.8) is 0 Å². The van der Waals surface area contributed by atoms with E-state index in [2.05, 4.69) is 53.7 Å². The predicted octanol–water partition coefficient (Wildman–Crippen LogP) is 2.95. The van der Waals surface area contributed by atoms with Crippen LogP contribution in [-0.2, 0) is 14.2 Å². The lowest BCUT2D eigenvalue weighted by Gasteiger charge is -2.59. The van der Waals surface area contributed by atoms with Crippen molar-refractivity contribution < 1.29 is 44.8 Å². The summed E-state index contributed by atoms with van der Waals surface area (Å²) in [5.74, 6) is 0.919. The minimum absolute atomic E-state index is 0.0134. The highest BCUT2D eigenvalue weighted by molar-refractivity contribution is 5.40. The van der Waals surface area contributed by atoms with Gasteiger partial charge in [0.2, 0.25) is 0 Å². The maximum atomic E-state index is 11.7. The molecule has 0 spiro atoms. The first kappa shape index (κ1) is 34.5. The monoisotopic (exact) mass is 622 g/mol. The number of fused-ring (bicyclic) bond motifs is 4. The number of aliphatic hydroxyl groups excluding tert-OH is 6. The molecular formula is C35H58O9. The van der Waals surface area contributed by atoms with E-state index in [1.165, 1.54) is 7.11 Å². The van der Waals surface area contributed by atoms with Crippen LogP contribution >= 0.6 is 0 Å². The van der Waals surface area contributed by atoms with Gasteiger partial charge in [-0.2, -0.15) is 0 Å². The fraction of sp³-hybridized carbons (Fsp3) is 0.886. The largest absolute Gasteiger partial charge is 0.393 e. The second kappa shape index (κ2) is 13.0. The number of rotatable bonds is 9. The van der Waals surface area contributed by atoms with Gasteiger partial charge in [0.1, 0.15) is 30.5 Å². The summed E-state index contributed by atoms with van der Waals surface area (Å²) in [4.78, 5) is 0. The third-order valence-electron chi connectivity index (χ3n) is 12.8. The van der Waals surface area contributed by atoms with E-state index in [4.69, 9.17) is 14.2 Å². The molecule has 4 fully saturated rings. The molecule has 0 amide bonds. The highest BCUT2D eigenvalue weighted by Crippen LogP contribution is 2.66. The number of methoxy groups -OCH3 is 1. The highest BCUT2D eigenvalue weighted by atomic mass is 16.7. The Morgan fingerprint density at radius 2 is 1.66 bits per heavy atom. The lowest BCUT2D eigenvalue weighted by Crippen LogP contribution is -2.58. The van der Waals surface area contributed by atoms with Crippen molar-refractivity contribution in [3.05, 3.63) is 23.3 Å². The van der Waals surface area contributed by atoms with Crippen LogP contribution in [0.4, 0.5) is 0 Å². The Bertz CT molecular complexity index is 1080. The molecule has 0 bridgehead atoms. The van der Waals surface area contributed by atoms with E-state index in [0.29, 0.717) is 31.1 Å². The molecule has 1 saturated heterocycles. The second-order valence-corrected chi connectivity index (χ2v) is 15.6. The standard InChI is InChI=1S/C35H58O9/c1-17(2)18(3)8-9-19(4)27-25(43-33-31(41)30(40)32(44-33)24(37)16-42-7)15-22-26-21(11-13-35(22,27)6)34(5)12-10-20(36)14-23(34)28(38)29(26)39/h8-9,17-21,23-25,27-33,36-41H,10-16H2,1-7H3. The summed E-state index contributed by atoms with van der Waals surface area (Å²) in [5.41, 5.74) is 1.55. The maximum absolute atomic E-state index is 11.7. The van der Waals surface area contributed by atoms with Crippen LogP contribution in [0, 0.1) is 46.3 Å². The fourth-order valence-electron chi connectivity index (χ4n) is 9.81. The van der Waals surface area contributed by atoms with Crippen LogP contribution in [0.1, 0.15) is 80.1 Å². The normalized spacial score (nSPS) is 47.9. The van der Waals surface area contributed by atoms with Gasteiger partial charge < -0.3 is 44.8 Å². The Labute approximate surface area is 263 Å². The molecule has 1 heterocycles. The van der Waals surface area contributed by atoms with Crippen molar-refractivity contribution in [1.29, 1.82) is 0 Å². The van der Waals surface area contributed by atoms with E-state index >= 15 is 0 Å². The Hall–Kier alpha value is -0.880. The molecule has 3 saturated carbocycles. The molecular weight excluding hydrogens is 564 g/mol. The zero-order chi connectivity index (χ0) is 32.3. The van der Waals surface area contributed by atoms with Gasteiger partial charge >= 0.3 is 0 Å². The van der Waals surface area contributed by atoms with Crippen LogP contribution in [-0.4, -0.2) is 99.5 Å². The first-order chi connectivity index (χ1) is 20.6. The highest BCUT2D eigenvalue weighted by Gasteiger charge is 2.62. The van der Waals surface area contributed by atoms with Crippen LogP contribution in [0.15, 0.2) is 23.3 Å². The average Bonchev–Trinajstić information content (AvgIpc) is 3.43. The zero-order valence-corrected chi connectivity index (χ0v) is 27.7. The number of hydrogen-bond donors (Lipinski definition) is 6. The van der Waals surface area contributed by atoms with E-state index in [1.54, 1.807) is 0 Å². The van der Waals surface area contributed by atoms with E-state index in [9.17, 15) is 30.6 Å². The third-order valence-corrected chi connectivity index (χ3v) is 12.8.